The summed E-state index contributed by atoms with van der Waals surface area (Å²) in [4.78, 5) is 29.2. The third-order valence-electron chi connectivity index (χ3n) is 4.25. The molecule has 1 aliphatic rings. The first-order valence-electron chi connectivity index (χ1n) is 7.29. The number of aromatic nitrogens is 1. The predicted octanol–water partition coefficient (Wildman–Crippen LogP) is 0.417. The summed E-state index contributed by atoms with van der Waals surface area (Å²) in [6.07, 6.45) is 1.40. The summed E-state index contributed by atoms with van der Waals surface area (Å²) in [6, 6.07) is 6.41. The predicted molar refractivity (Wildman–Crippen MR) is 82.2 cm³/mol. The van der Waals surface area contributed by atoms with Gasteiger partial charge in [-0.1, -0.05) is 18.2 Å². The lowest BCUT2D eigenvalue weighted by molar-refractivity contribution is -0.150. The number of carbonyl (C=O) groups excluding carboxylic acids is 2. The van der Waals surface area contributed by atoms with Crippen molar-refractivity contribution in [1.82, 2.24) is 15.2 Å². The lowest BCUT2D eigenvalue weighted by Crippen LogP contribution is -2.65. The van der Waals surface area contributed by atoms with Gasteiger partial charge < -0.3 is 20.3 Å². The molecule has 3 N–H and O–H groups in total. The molecule has 1 aromatic heterocycles. The molecule has 0 bridgehead atoms. The molecule has 116 valence electrons. The Bertz CT molecular complexity index is 722. The highest BCUT2D eigenvalue weighted by atomic mass is 16.3. The zero-order chi connectivity index (χ0) is 15.9. The molecule has 1 aliphatic heterocycles. The van der Waals surface area contributed by atoms with E-state index in [9.17, 15) is 14.7 Å². The highest BCUT2D eigenvalue weighted by Crippen LogP contribution is 2.22. The van der Waals surface area contributed by atoms with Gasteiger partial charge in [-0.25, -0.2) is 0 Å². The van der Waals surface area contributed by atoms with Gasteiger partial charge in [0.05, 0.1) is 6.10 Å². The number of nitrogens with zero attached hydrogens (tertiary/aromatic N) is 1. The number of likely N-dealkylation sites (N-methyl/N-ethyl adjacent to an activating group) is 1. The summed E-state index contributed by atoms with van der Waals surface area (Å²) in [7, 11) is 1.61. The summed E-state index contributed by atoms with van der Waals surface area (Å²) in [6.45, 7) is 1.50. The standard InChI is InChI=1S/C16H19N3O3/c1-9(20)14-16(22)19(2)13(15(21)18-14)7-10-8-17-12-6-4-3-5-11(10)12/h3-6,8-9,13-14,17,20H,7H2,1-2H3,(H,18,21). The molecule has 0 saturated carbocycles. The van der Waals surface area contributed by atoms with Crippen LogP contribution >= 0.6 is 0 Å². The van der Waals surface area contributed by atoms with E-state index in [0.717, 1.165) is 16.5 Å². The number of para-hydroxylation sites is 1. The second-order valence-electron chi connectivity index (χ2n) is 5.76. The Hall–Kier alpha value is -2.34. The fraction of sp³-hybridized carbons (Fsp3) is 0.375. The van der Waals surface area contributed by atoms with Crippen LogP contribution in [0.15, 0.2) is 30.5 Å². The molecule has 1 aromatic carbocycles. The number of nitrogens with one attached hydrogen (secondary N) is 2. The second-order valence-corrected chi connectivity index (χ2v) is 5.76. The first-order valence-corrected chi connectivity index (χ1v) is 7.29. The lowest BCUT2D eigenvalue weighted by Gasteiger charge is -2.37. The molecule has 1 fully saturated rings. The minimum absolute atomic E-state index is 0.238. The molecule has 0 spiro atoms. The number of piperazine rings is 1. The summed E-state index contributed by atoms with van der Waals surface area (Å²) in [5.41, 5.74) is 2.00. The van der Waals surface area contributed by atoms with E-state index in [1.807, 2.05) is 30.5 Å². The minimum Gasteiger partial charge on any atom is -0.391 e. The maximum absolute atomic E-state index is 12.3. The molecular formula is C16H19N3O3. The Labute approximate surface area is 128 Å². The average molecular weight is 301 g/mol. The smallest absolute Gasteiger partial charge is 0.248 e. The highest BCUT2D eigenvalue weighted by molar-refractivity contribution is 5.97. The third-order valence-corrected chi connectivity index (χ3v) is 4.25. The van der Waals surface area contributed by atoms with Crippen LogP contribution in [0.5, 0.6) is 0 Å². The van der Waals surface area contributed by atoms with E-state index in [0.29, 0.717) is 6.42 Å². The molecule has 3 atom stereocenters. The molecule has 2 heterocycles. The molecule has 6 nitrogen and oxygen atoms in total. The molecule has 2 amide bonds. The van der Waals surface area contributed by atoms with Gasteiger partial charge in [-0.2, -0.15) is 0 Å². The fourth-order valence-electron chi connectivity index (χ4n) is 2.93. The van der Waals surface area contributed by atoms with Crippen molar-refractivity contribution in [2.45, 2.75) is 31.5 Å². The molecule has 2 aromatic rings. The van der Waals surface area contributed by atoms with Crippen LogP contribution in [0.25, 0.3) is 10.9 Å². The molecule has 0 radical (unpaired) electrons. The zero-order valence-corrected chi connectivity index (χ0v) is 12.5. The number of hydrogen-bond acceptors (Lipinski definition) is 3. The zero-order valence-electron chi connectivity index (χ0n) is 12.5. The Morgan fingerprint density at radius 1 is 1.32 bits per heavy atom. The first-order chi connectivity index (χ1) is 10.5. The van der Waals surface area contributed by atoms with Crippen LogP contribution in [-0.2, 0) is 16.0 Å². The number of aliphatic hydroxyl groups is 1. The van der Waals surface area contributed by atoms with Crippen LogP contribution in [-0.4, -0.2) is 52.0 Å². The van der Waals surface area contributed by atoms with E-state index >= 15 is 0 Å². The van der Waals surface area contributed by atoms with Crippen molar-refractivity contribution >= 4 is 22.7 Å². The summed E-state index contributed by atoms with van der Waals surface area (Å²) in [5.74, 6) is -0.502. The van der Waals surface area contributed by atoms with Crippen LogP contribution in [0, 0.1) is 0 Å². The van der Waals surface area contributed by atoms with Crippen LogP contribution in [0.4, 0.5) is 0 Å². The molecule has 1 saturated heterocycles. The number of H-pyrrole nitrogens is 1. The van der Waals surface area contributed by atoms with Gasteiger partial charge in [0.25, 0.3) is 0 Å². The van der Waals surface area contributed by atoms with Gasteiger partial charge in [-0.15, -0.1) is 0 Å². The van der Waals surface area contributed by atoms with Crippen molar-refractivity contribution in [1.29, 1.82) is 0 Å². The summed E-state index contributed by atoms with van der Waals surface area (Å²) < 4.78 is 0. The molecular weight excluding hydrogens is 282 g/mol. The van der Waals surface area contributed by atoms with Crippen LogP contribution in [0.2, 0.25) is 0 Å². The largest absolute Gasteiger partial charge is 0.391 e. The third kappa shape index (κ3) is 2.35. The fourth-order valence-corrected chi connectivity index (χ4v) is 2.93. The molecule has 6 heteroatoms. The van der Waals surface area contributed by atoms with E-state index in [2.05, 4.69) is 10.3 Å². The Kier molecular flexibility index (Phi) is 3.62. The van der Waals surface area contributed by atoms with E-state index in [4.69, 9.17) is 0 Å². The van der Waals surface area contributed by atoms with Crippen molar-refractivity contribution in [3.63, 3.8) is 0 Å². The summed E-state index contributed by atoms with van der Waals surface area (Å²) in [5, 5.41) is 13.3. The van der Waals surface area contributed by atoms with Crippen molar-refractivity contribution in [2.75, 3.05) is 7.05 Å². The van der Waals surface area contributed by atoms with Gasteiger partial charge in [-0.3, -0.25) is 9.59 Å². The van der Waals surface area contributed by atoms with E-state index in [1.54, 1.807) is 7.05 Å². The first kappa shape index (κ1) is 14.6. The number of benzene rings is 1. The summed E-state index contributed by atoms with van der Waals surface area (Å²) >= 11 is 0. The van der Waals surface area contributed by atoms with E-state index < -0.39 is 18.2 Å². The molecule has 22 heavy (non-hydrogen) atoms. The Morgan fingerprint density at radius 3 is 2.77 bits per heavy atom. The van der Waals surface area contributed by atoms with Crippen molar-refractivity contribution in [3.8, 4) is 0 Å². The van der Waals surface area contributed by atoms with Crippen molar-refractivity contribution in [3.05, 3.63) is 36.0 Å². The maximum Gasteiger partial charge on any atom is 0.248 e. The van der Waals surface area contributed by atoms with Crippen molar-refractivity contribution in [2.24, 2.45) is 0 Å². The van der Waals surface area contributed by atoms with Gasteiger partial charge in [0.15, 0.2) is 0 Å². The lowest BCUT2D eigenvalue weighted by atomic mass is 9.98. The topological polar surface area (TPSA) is 85.4 Å². The quantitative estimate of drug-likeness (QED) is 0.768. The van der Waals surface area contributed by atoms with Crippen LogP contribution in [0.3, 0.4) is 0 Å². The number of amides is 2. The van der Waals surface area contributed by atoms with Crippen molar-refractivity contribution < 1.29 is 14.7 Å². The Morgan fingerprint density at radius 2 is 2.05 bits per heavy atom. The maximum atomic E-state index is 12.3. The second kappa shape index (κ2) is 5.46. The average Bonchev–Trinajstić information content (AvgIpc) is 2.90. The van der Waals surface area contributed by atoms with Gasteiger partial charge >= 0.3 is 0 Å². The number of aliphatic hydroxyl groups excluding tert-OH is 1. The van der Waals surface area contributed by atoms with E-state index in [-0.39, 0.29) is 11.8 Å². The number of carbonyl (C=O) groups is 2. The van der Waals surface area contributed by atoms with Crippen LogP contribution in [0.1, 0.15) is 12.5 Å². The normalized spacial score (nSPS) is 23.7. The Balaban J connectivity index is 1.86. The van der Waals surface area contributed by atoms with Gasteiger partial charge in [-0.05, 0) is 18.6 Å². The monoisotopic (exact) mass is 301 g/mol. The molecule has 0 aliphatic carbocycles. The van der Waals surface area contributed by atoms with Crippen LogP contribution < -0.4 is 5.32 Å². The van der Waals surface area contributed by atoms with Gasteiger partial charge in [0, 0.05) is 30.6 Å². The SMILES string of the molecule is CC(O)C1NC(=O)C(Cc2c[nH]c3ccccc23)N(C)C1=O. The minimum atomic E-state index is -0.909. The number of rotatable bonds is 3. The molecule has 3 rings (SSSR count). The highest BCUT2D eigenvalue weighted by Gasteiger charge is 2.40. The van der Waals surface area contributed by atoms with Gasteiger partial charge in [0.1, 0.15) is 12.1 Å². The number of aromatic amines is 1. The number of hydrogen-bond donors (Lipinski definition) is 3. The molecule has 3 unspecified atom stereocenters. The van der Waals surface area contributed by atoms with E-state index in [1.165, 1.54) is 11.8 Å². The number of fused-ring (bicyclic) bond motifs is 1. The van der Waals surface area contributed by atoms with Gasteiger partial charge in [0.2, 0.25) is 11.8 Å².